The van der Waals surface area contributed by atoms with Gasteiger partial charge in [-0.15, -0.1) is 0 Å². The van der Waals surface area contributed by atoms with Gasteiger partial charge in [-0.05, 0) is 25.5 Å². The fourth-order valence-electron chi connectivity index (χ4n) is 1.50. The number of hydrogen-bond donors (Lipinski definition) is 0. The fourth-order valence-corrected chi connectivity index (χ4v) is 1.50. The van der Waals surface area contributed by atoms with E-state index >= 15 is 0 Å². The van der Waals surface area contributed by atoms with Crippen LogP contribution in [-0.4, -0.2) is 19.8 Å². The monoisotopic (exact) mass is 208 g/mol. The topological polar surface area (TPSA) is 18.5 Å². The third-order valence-corrected chi connectivity index (χ3v) is 2.77. The summed E-state index contributed by atoms with van der Waals surface area (Å²) >= 11 is 0. The first-order valence-electron chi connectivity index (χ1n) is 5.48. The first-order valence-corrected chi connectivity index (χ1v) is 5.48. The Balaban J connectivity index is 2.41. The lowest BCUT2D eigenvalue weighted by atomic mass is 10.0. The van der Waals surface area contributed by atoms with Gasteiger partial charge in [0.2, 0.25) is 0 Å². The molecular weight excluding hydrogens is 188 g/mol. The van der Waals surface area contributed by atoms with Gasteiger partial charge in [-0.25, -0.2) is 0 Å². The largest absolute Gasteiger partial charge is 0.493 e. The number of rotatable bonds is 6. The number of benzene rings is 1. The van der Waals surface area contributed by atoms with Crippen molar-refractivity contribution in [3.8, 4) is 5.75 Å². The third kappa shape index (κ3) is 3.92. The van der Waals surface area contributed by atoms with E-state index < -0.39 is 0 Å². The van der Waals surface area contributed by atoms with Crippen LogP contribution in [0.4, 0.5) is 0 Å². The highest BCUT2D eigenvalue weighted by molar-refractivity contribution is 5.20. The standard InChI is InChI=1S/C13H20O2/c1-4-12(11(2)14-3)10-15-13-8-6-5-7-9-13/h5-9,11-12H,4,10H2,1-3H3. The summed E-state index contributed by atoms with van der Waals surface area (Å²) in [5, 5.41) is 0. The molecule has 0 aliphatic rings. The summed E-state index contributed by atoms with van der Waals surface area (Å²) < 4.78 is 11.0. The Morgan fingerprint density at radius 3 is 2.40 bits per heavy atom. The molecule has 0 saturated heterocycles. The highest BCUT2D eigenvalue weighted by Gasteiger charge is 2.15. The molecule has 1 aromatic rings. The maximum absolute atomic E-state index is 5.70. The van der Waals surface area contributed by atoms with Gasteiger partial charge in [0.15, 0.2) is 0 Å². The zero-order chi connectivity index (χ0) is 11.1. The van der Waals surface area contributed by atoms with Crippen molar-refractivity contribution < 1.29 is 9.47 Å². The van der Waals surface area contributed by atoms with Gasteiger partial charge in [0, 0.05) is 13.0 Å². The van der Waals surface area contributed by atoms with Crippen LogP contribution >= 0.6 is 0 Å². The Morgan fingerprint density at radius 1 is 1.20 bits per heavy atom. The van der Waals surface area contributed by atoms with Gasteiger partial charge >= 0.3 is 0 Å². The van der Waals surface area contributed by atoms with Crippen LogP contribution in [0.3, 0.4) is 0 Å². The molecule has 0 aromatic heterocycles. The second kappa shape index (κ2) is 6.46. The van der Waals surface area contributed by atoms with Crippen molar-refractivity contribution in [2.45, 2.75) is 26.4 Å². The number of hydrogen-bond acceptors (Lipinski definition) is 2. The van der Waals surface area contributed by atoms with Crippen LogP contribution in [0.1, 0.15) is 20.3 Å². The minimum absolute atomic E-state index is 0.249. The Morgan fingerprint density at radius 2 is 1.87 bits per heavy atom. The Kier molecular flexibility index (Phi) is 5.19. The van der Waals surface area contributed by atoms with E-state index in [1.807, 2.05) is 30.3 Å². The average molecular weight is 208 g/mol. The number of ether oxygens (including phenoxy) is 2. The molecule has 0 aliphatic carbocycles. The molecule has 2 heteroatoms. The van der Waals surface area contributed by atoms with Gasteiger partial charge in [-0.1, -0.05) is 25.1 Å². The van der Waals surface area contributed by atoms with Crippen LogP contribution < -0.4 is 4.74 Å². The van der Waals surface area contributed by atoms with Gasteiger partial charge in [0.05, 0.1) is 12.7 Å². The summed E-state index contributed by atoms with van der Waals surface area (Å²) in [6.45, 7) is 4.96. The van der Waals surface area contributed by atoms with Crippen molar-refractivity contribution in [3.05, 3.63) is 30.3 Å². The first kappa shape index (κ1) is 12.1. The lowest BCUT2D eigenvalue weighted by Crippen LogP contribution is -2.24. The van der Waals surface area contributed by atoms with E-state index in [0.29, 0.717) is 5.92 Å². The number of para-hydroxylation sites is 1. The van der Waals surface area contributed by atoms with E-state index in [1.54, 1.807) is 7.11 Å². The second-order valence-corrected chi connectivity index (χ2v) is 3.73. The summed E-state index contributed by atoms with van der Waals surface area (Å²) in [5.41, 5.74) is 0. The van der Waals surface area contributed by atoms with Gasteiger partial charge in [0.1, 0.15) is 5.75 Å². The summed E-state index contributed by atoms with van der Waals surface area (Å²) in [4.78, 5) is 0. The van der Waals surface area contributed by atoms with Gasteiger partial charge in [-0.2, -0.15) is 0 Å². The Hall–Kier alpha value is -1.02. The van der Waals surface area contributed by atoms with E-state index in [2.05, 4.69) is 13.8 Å². The zero-order valence-corrected chi connectivity index (χ0v) is 9.77. The minimum atomic E-state index is 0.249. The Bertz CT molecular complexity index is 258. The lowest BCUT2D eigenvalue weighted by molar-refractivity contribution is 0.0427. The lowest BCUT2D eigenvalue weighted by Gasteiger charge is -2.21. The summed E-state index contributed by atoms with van der Waals surface area (Å²) in [7, 11) is 1.75. The molecule has 15 heavy (non-hydrogen) atoms. The van der Waals surface area contributed by atoms with Crippen LogP contribution in [0, 0.1) is 5.92 Å². The van der Waals surface area contributed by atoms with Crippen LogP contribution in [0.15, 0.2) is 30.3 Å². The predicted octanol–water partition coefficient (Wildman–Crippen LogP) is 3.13. The maximum atomic E-state index is 5.70. The molecule has 1 rings (SSSR count). The van der Waals surface area contributed by atoms with Gasteiger partial charge in [-0.3, -0.25) is 0 Å². The minimum Gasteiger partial charge on any atom is -0.493 e. The van der Waals surface area contributed by atoms with Gasteiger partial charge < -0.3 is 9.47 Å². The van der Waals surface area contributed by atoms with Crippen LogP contribution in [0.25, 0.3) is 0 Å². The molecule has 2 atom stereocenters. The fraction of sp³-hybridized carbons (Fsp3) is 0.538. The molecule has 0 amide bonds. The van der Waals surface area contributed by atoms with Crippen LogP contribution in [0.2, 0.25) is 0 Å². The highest BCUT2D eigenvalue weighted by Crippen LogP contribution is 2.15. The molecular formula is C13H20O2. The third-order valence-electron chi connectivity index (χ3n) is 2.77. The smallest absolute Gasteiger partial charge is 0.119 e. The molecule has 0 heterocycles. The molecule has 0 spiro atoms. The summed E-state index contributed by atoms with van der Waals surface area (Å²) in [5.74, 6) is 1.38. The second-order valence-electron chi connectivity index (χ2n) is 3.73. The molecule has 0 fully saturated rings. The van der Waals surface area contributed by atoms with Crippen molar-refractivity contribution in [2.24, 2.45) is 5.92 Å². The quantitative estimate of drug-likeness (QED) is 0.715. The van der Waals surface area contributed by atoms with E-state index in [1.165, 1.54) is 0 Å². The average Bonchev–Trinajstić information content (AvgIpc) is 2.31. The molecule has 2 nitrogen and oxygen atoms in total. The SMILES string of the molecule is CCC(COc1ccccc1)C(C)OC. The molecule has 0 saturated carbocycles. The molecule has 1 aromatic carbocycles. The summed E-state index contributed by atoms with van der Waals surface area (Å²) in [6, 6.07) is 9.91. The van der Waals surface area contributed by atoms with Crippen molar-refractivity contribution in [2.75, 3.05) is 13.7 Å². The zero-order valence-electron chi connectivity index (χ0n) is 9.77. The molecule has 0 aliphatic heterocycles. The highest BCUT2D eigenvalue weighted by atomic mass is 16.5. The van der Waals surface area contributed by atoms with Crippen molar-refractivity contribution in [1.82, 2.24) is 0 Å². The van der Waals surface area contributed by atoms with Crippen molar-refractivity contribution >= 4 is 0 Å². The van der Waals surface area contributed by atoms with Gasteiger partial charge in [0.25, 0.3) is 0 Å². The summed E-state index contributed by atoms with van der Waals surface area (Å²) in [6.07, 6.45) is 1.32. The predicted molar refractivity (Wildman–Crippen MR) is 62.2 cm³/mol. The Labute approximate surface area is 92.2 Å². The van der Waals surface area contributed by atoms with Crippen LogP contribution in [0.5, 0.6) is 5.75 Å². The number of methoxy groups -OCH3 is 1. The van der Waals surface area contributed by atoms with Crippen LogP contribution in [-0.2, 0) is 4.74 Å². The first-order chi connectivity index (χ1) is 7.27. The van der Waals surface area contributed by atoms with Crippen molar-refractivity contribution in [3.63, 3.8) is 0 Å². The van der Waals surface area contributed by atoms with E-state index in [-0.39, 0.29) is 6.10 Å². The van der Waals surface area contributed by atoms with Crippen molar-refractivity contribution in [1.29, 1.82) is 0 Å². The molecule has 0 radical (unpaired) electrons. The van der Waals surface area contributed by atoms with E-state index in [9.17, 15) is 0 Å². The maximum Gasteiger partial charge on any atom is 0.119 e. The molecule has 0 N–H and O–H groups in total. The van der Waals surface area contributed by atoms with E-state index in [0.717, 1.165) is 18.8 Å². The molecule has 2 unspecified atom stereocenters. The molecule has 0 bridgehead atoms. The molecule has 84 valence electrons. The van der Waals surface area contributed by atoms with E-state index in [4.69, 9.17) is 9.47 Å². The normalized spacial score (nSPS) is 14.6.